The molecule has 0 aliphatic carbocycles. The molecule has 0 aromatic carbocycles. The van der Waals surface area contributed by atoms with Crippen molar-refractivity contribution in [2.45, 2.75) is 6.42 Å². The van der Waals surface area contributed by atoms with Gasteiger partial charge in [0.05, 0.1) is 20.3 Å². The van der Waals surface area contributed by atoms with Gasteiger partial charge in [-0.3, -0.25) is 13.8 Å². The average Bonchev–Trinajstić information content (AvgIpc) is 2.38. The topological polar surface area (TPSA) is 129 Å². The summed E-state index contributed by atoms with van der Waals surface area (Å²) in [4.78, 5) is 29.2. The lowest BCUT2D eigenvalue weighted by Gasteiger charge is -2.01. The molecule has 0 saturated heterocycles. The van der Waals surface area contributed by atoms with Crippen LogP contribution in [0.2, 0.25) is 0 Å². The summed E-state index contributed by atoms with van der Waals surface area (Å²) < 4.78 is 26.5. The Bertz CT molecular complexity index is 355. The van der Waals surface area contributed by atoms with Crippen LogP contribution in [0.3, 0.4) is 0 Å². The number of esters is 2. The molecule has 19 heavy (non-hydrogen) atoms. The van der Waals surface area contributed by atoms with Crippen molar-refractivity contribution in [3.63, 3.8) is 0 Å². The fourth-order valence-corrected chi connectivity index (χ4v) is 0.690. The van der Waals surface area contributed by atoms with E-state index in [-0.39, 0.29) is 12.2 Å². The molecule has 112 valence electrons. The van der Waals surface area contributed by atoms with Gasteiger partial charge in [-0.1, -0.05) is 0 Å². The van der Waals surface area contributed by atoms with Crippen molar-refractivity contribution in [2.24, 2.45) is 0 Å². The number of methoxy groups -OCH3 is 2. The van der Waals surface area contributed by atoms with E-state index in [1.807, 2.05) is 0 Å². The van der Waals surface area contributed by atoms with E-state index in [0.29, 0.717) is 0 Å². The third kappa shape index (κ3) is 12.8. The van der Waals surface area contributed by atoms with E-state index < -0.39 is 19.8 Å². The van der Waals surface area contributed by atoms with Crippen LogP contribution in [-0.4, -0.2) is 50.4 Å². The Hall–Kier alpha value is -1.41. The predicted molar refractivity (Wildman–Crippen MR) is 63.2 cm³/mol. The van der Waals surface area contributed by atoms with Gasteiger partial charge in [-0.05, 0) is 0 Å². The highest BCUT2D eigenvalue weighted by Crippen LogP contribution is 2.40. The van der Waals surface area contributed by atoms with Crippen molar-refractivity contribution in [2.75, 3.05) is 28.4 Å². The van der Waals surface area contributed by atoms with Crippen molar-refractivity contribution in [1.82, 2.24) is 0 Å². The summed E-state index contributed by atoms with van der Waals surface area (Å²) in [6, 6.07) is 0. The van der Waals surface area contributed by atoms with Crippen LogP contribution in [0.4, 0.5) is 0 Å². The van der Waals surface area contributed by atoms with Crippen LogP contribution in [0.15, 0.2) is 11.8 Å². The summed E-state index contributed by atoms with van der Waals surface area (Å²) >= 11 is 0. The second kappa shape index (κ2) is 10.5. The fraction of sp³-hybridized carbons (Fsp3) is 0.556. The van der Waals surface area contributed by atoms with Gasteiger partial charge in [-0.2, -0.15) is 0 Å². The lowest BCUT2D eigenvalue weighted by molar-refractivity contribution is -0.140. The molecule has 0 unspecified atom stereocenters. The Morgan fingerprint density at radius 3 is 1.84 bits per heavy atom. The number of phosphoric ester groups is 1. The van der Waals surface area contributed by atoms with Gasteiger partial charge in [-0.15, -0.1) is 0 Å². The molecule has 9 nitrogen and oxygen atoms in total. The van der Waals surface area contributed by atoms with E-state index in [9.17, 15) is 14.2 Å². The van der Waals surface area contributed by atoms with Gasteiger partial charge >= 0.3 is 19.8 Å². The number of hydrogen-bond acceptors (Lipinski definition) is 8. The molecular weight excluding hydrogens is 283 g/mol. The summed E-state index contributed by atoms with van der Waals surface area (Å²) in [6.07, 6.45) is 0.489. The van der Waals surface area contributed by atoms with E-state index in [1.165, 1.54) is 14.2 Å². The largest absolute Gasteiger partial charge is 0.511 e. The van der Waals surface area contributed by atoms with Crippen molar-refractivity contribution in [3.8, 4) is 0 Å². The molecule has 0 aliphatic heterocycles. The summed E-state index contributed by atoms with van der Waals surface area (Å²) in [5.74, 6) is -1.71. The predicted octanol–water partition coefficient (Wildman–Crippen LogP) is 0.544. The zero-order valence-corrected chi connectivity index (χ0v) is 11.9. The highest BCUT2D eigenvalue weighted by atomic mass is 31.2. The number of aliphatic hydroxyl groups is 1. The Kier molecular flexibility index (Phi) is 11.0. The third-order valence-electron chi connectivity index (χ3n) is 1.50. The molecule has 0 amide bonds. The molecule has 0 aromatic heterocycles. The minimum atomic E-state index is -3.65. The maximum absolute atomic E-state index is 10.5. The van der Waals surface area contributed by atoms with E-state index in [2.05, 4.69) is 18.5 Å². The highest BCUT2D eigenvalue weighted by molar-refractivity contribution is 7.47. The third-order valence-corrected chi connectivity index (χ3v) is 2.42. The minimum absolute atomic E-state index is 0.328. The molecule has 0 aromatic rings. The average molecular weight is 300 g/mol. The Balaban J connectivity index is 0. The van der Waals surface area contributed by atoms with E-state index >= 15 is 0 Å². The second-order valence-corrected chi connectivity index (χ2v) is 4.41. The van der Waals surface area contributed by atoms with Crippen LogP contribution in [0.25, 0.3) is 0 Å². The van der Waals surface area contributed by atoms with Gasteiger partial charge in [-0.25, -0.2) is 9.36 Å². The molecule has 0 aliphatic rings. The molecule has 0 fully saturated rings. The first-order valence-corrected chi connectivity index (χ1v) is 6.20. The minimum Gasteiger partial charge on any atom is -0.511 e. The molecule has 2 N–H and O–H groups in total. The molecule has 0 saturated carbocycles. The zero-order chi connectivity index (χ0) is 15.5. The smallest absolute Gasteiger partial charge is 0.471 e. The number of carbonyl (C=O) groups excluding carboxylic acids is 2. The molecule has 0 bridgehead atoms. The van der Waals surface area contributed by atoms with Crippen molar-refractivity contribution in [3.05, 3.63) is 11.8 Å². The number of carbonyl (C=O) groups is 2. The quantitative estimate of drug-likeness (QED) is 0.323. The Labute approximate surface area is 110 Å². The maximum atomic E-state index is 10.5. The van der Waals surface area contributed by atoms with Crippen LogP contribution < -0.4 is 0 Å². The van der Waals surface area contributed by atoms with Gasteiger partial charge in [0.25, 0.3) is 0 Å². The molecule has 0 atom stereocenters. The van der Waals surface area contributed by atoms with Crippen molar-refractivity contribution in [1.29, 1.82) is 0 Å². The van der Waals surface area contributed by atoms with Crippen LogP contribution >= 0.6 is 7.82 Å². The van der Waals surface area contributed by atoms with Gasteiger partial charge < -0.3 is 19.5 Å². The Morgan fingerprint density at radius 2 is 1.58 bits per heavy atom. The number of aliphatic hydroxyl groups excluding tert-OH is 1. The SMILES string of the molecule is COC(=O)C=C(O)CC(=O)OC.COP(=O)(O)OC. The van der Waals surface area contributed by atoms with Crippen LogP contribution in [0.5, 0.6) is 0 Å². The zero-order valence-electron chi connectivity index (χ0n) is 11.0. The Morgan fingerprint density at radius 1 is 1.11 bits per heavy atom. The maximum Gasteiger partial charge on any atom is 0.471 e. The van der Waals surface area contributed by atoms with E-state index in [1.54, 1.807) is 0 Å². The molecular formula is C9H17O9P. The number of hydrogen-bond donors (Lipinski definition) is 2. The van der Waals surface area contributed by atoms with Crippen LogP contribution in [-0.2, 0) is 32.7 Å². The van der Waals surface area contributed by atoms with Crippen LogP contribution in [0.1, 0.15) is 6.42 Å². The normalized spacial score (nSPS) is 11.1. The number of phosphoric acid groups is 1. The van der Waals surface area contributed by atoms with Gasteiger partial charge in [0.1, 0.15) is 12.2 Å². The standard InChI is InChI=1S/C7H10O5.C2H7O4P/c1-11-6(9)3-5(8)4-7(10)12-2;1-5-7(3,4)6-2/h3,8H,4H2,1-2H3;1-2H3,(H,3,4). The first-order chi connectivity index (χ1) is 8.72. The highest BCUT2D eigenvalue weighted by Gasteiger charge is 2.13. The van der Waals surface area contributed by atoms with Crippen molar-refractivity contribution >= 4 is 19.8 Å². The summed E-state index contributed by atoms with van der Waals surface area (Å²) in [5.41, 5.74) is 0. The summed E-state index contributed by atoms with van der Waals surface area (Å²) in [5, 5.41) is 8.91. The summed E-state index contributed by atoms with van der Waals surface area (Å²) in [7, 11) is 0.908. The first-order valence-electron chi connectivity index (χ1n) is 4.71. The lowest BCUT2D eigenvalue weighted by atomic mass is 10.3. The molecule has 10 heteroatoms. The molecule has 0 radical (unpaired) electrons. The van der Waals surface area contributed by atoms with Gasteiger partial charge in [0.15, 0.2) is 0 Å². The lowest BCUT2D eigenvalue weighted by Crippen LogP contribution is -2.04. The summed E-state index contributed by atoms with van der Waals surface area (Å²) in [6.45, 7) is 0. The van der Waals surface area contributed by atoms with Gasteiger partial charge in [0.2, 0.25) is 0 Å². The van der Waals surface area contributed by atoms with Gasteiger partial charge in [0, 0.05) is 14.2 Å². The monoisotopic (exact) mass is 300 g/mol. The van der Waals surface area contributed by atoms with E-state index in [4.69, 9.17) is 10.00 Å². The van der Waals surface area contributed by atoms with Crippen molar-refractivity contribution < 1.29 is 42.7 Å². The molecule has 0 spiro atoms. The van der Waals surface area contributed by atoms with E-state index in [0.717, 1.165) is 20.3 Å². The fourth-order valence-electron chi connectivity index (χ4n) is 0.541. The van der Waals surface area contributed by atoms with Crippen LogP contribution in [0, 0.1) is 0 Å². The molecule has 0 heterocycles. The molecule has 0 rings (SSSR count). The number of ether oxygens (including phenoxy) is 2. The second-order valence-electron chi connectivity index (χ2n) is 2.75. The first kappa shape index (κ1) is 19.9. The number of rotatable bonds is 5.